The number of rotatable bonds is 6. The van der Waals surface area contributed by atoms with Crippen molar-refractivity contribution < 1.29 is 4.79 Å². The SMILES string of the molecule is NNC(=O)CCCCCn1[nH]c(=O)c2ccccc2c1=O. The first-order valence-electron chi connectivity index (χ1n) is 6.85. The first kappa shape index (κ1) is 15.0. The molecule has 2 rings (SSSR count). The molecule has 7 heteroatoms. The molecule has 1 amide bonds. The summed E-state index contributed by atoms with van der Waals surface area (Å²) >= 11 is 0. The predicted molar refractivity (Wildman–Crippen MR) is 79.6 cm³/mol. The molecule has 0 radical (unpaired) electrons. The number of hydrogen-bond acceptors (Lipinski definition) is 4. The number of hydrogen-bond donors (Lipinski definition) is 3. The number of amides is 1. The van der Waals surface area contributed by atoms with Crippen LogP contribution >= 0.6 is 0 Å². The number of hydrazine groups is 1. The number of unbranched alkanes of at least 4 members (excludes halogenated alkanes) is 2. The number of benzene rings is 1. The molecule has 0 bridgehead atoms. The minimum Gasteiger partial charge on any atom is -0.294 e. The Morgan fingerprint density at radius 3 is 2.57 bits per heavy atom. The fourth-order valence-corrected chi connectivity index (χ4v) is 2.21. The van der Waals surface area contributed by atoms with Crippen molar-refractivity contribution in [3.05, 3.63) is 45.0 Å². The smallest absolute Gasteiger partial charge is 0.273 e. The van der Waals surface area contributed by atoms with Gasteiger partial charge in [-0.15, -0.1) is 0 Å². The van der Waals surface area contributed by atoms with Gasteiger partial charge < -0.3 is 0 Å². The molecule has 7 nitrogen and oxygen atoms in total. The van der Waals surface area contributed by atoms with Gasteiger partial charge in [0.2, 0.25) is 5.91 Å². The molecule has 21 heavy (non-hydrogen) atoms. The predicted octanol–water partition coefficient (Wildman–Crippen LogP) is 0.240. The maximum atomic E-state index is 12.2. The van der Waals surface area contributed by atoms with Gasteiger partial charge in [0.25, 0.3) is 11.1 Å². The van der Waals surface area contributed by atoms with Crippen molar-refractivity contribution in [1.29, 1.82) is 0 Å². The Hall–Kier alpha value is -2.41. The first-order valence-corrected chi connectivity index (χ1v) is 6.85. The normalized spacial score (nSPS) is 10.7. The van der Waals surface area contributed by atoms with Crippen molar-refractivity contribution in [2.75, 3.05) is 0 Å². The largest absolute Gasteiger partial charge is 0.294 e. The number of carbonyl (C=O) groups is 1. The molecule has 2 aromatic rings. The Bertz CT molecular complexity index is 748. The van der Waals surface area contributed by atoms with Gasteiger partial charge in [-0.2, -0.15) is 0 Å². The lowest BCUT2D eigenvalue weighted by atomic mass is 10.2. The number of nitrogens with zero attached hydrogens (tertiary/aromatic N) is 1. The summed E-state index contributed by atoms with van der Waals surface area (Å²) in [5.41, 5.74) is 1.59. The molecule has 0 aliphatic heterocycles. The van der Waals surface area contributed by atoms with Crippen molar-refractivity contribution >= 4 is 16.7 Å². The van der Waals surface area contributed by atoms with Crippen LogP contribution in [0.3, 0.4) is 0 Å². The Labute approximate surface area is 120 Å². The molecular weight excluding hydrogens is 272 g/mol. The summed E-state index contributed by atoms with van der Waals surface area (Å²) in [5, 5.41) is 3.40. The van der Waals surface area contributed by atoms with Crippen molar-refractivity contribution in [2.24, 2.45) is 5.84 Å². The van der Waals surface area contributed by atoms with Crippen LogP contribution in [-0.4, -0.2) is 15.7 Å². The van der Waals surface area contributed by atoms with Gasteiger partial charge in [0.15, 0.2) is 0 Å². The zero-order chi connectivity index (χ0) is 15.2. The molecule has 0 spiro atoms. The molecule has 0 atom stereocenters. The zero-order valence-corrected chi connectivity index (χ0v) is 11.6. The van der Waals surface area contributed by atoms with Crippen molar-refractivity contribution in [3.63, 3.8) is 0 Å². The van der Waals surface area contributed by atoms with Gasteiger partial charge in [-0.05, 0) is 25.0 Å². The lowest BCUT2D eigenvalue weighted by Crippen LogP contribution is -2.30. The van der Waals surface area contributed by atoms with E-state index in [2.05, 4.69) is 10.5 Å². The quantitative estimate of drug-likeness (QED) is 0.306. The molecule has 112 valence electrons. The minimum atomic E-state index is -0.271. The number of aromatic amines is 1. The fraction of sp³-hybridized carbons (Fsp3) is 0.357. The van der Waals surface area contributed by atoms with E-state index in [-0.39, 0.29) is 17.0 Å². The minimum absolute atomic E-state index is 0.203. The number of fused-ring (bicyclic) bond motifs is 1. The van der Waals surface area contributed by atoms with Crippen molar-refractivity contribution in [1.82, 2.24) is 15.2 Å². The van der Waals surface area contributed by atoms with Gasteiger partial charge in [0.05, 0.1) is 10.8 Å². The highest BCUT2D eigenvalue weighted by molar-refractivity contribution is 5.80. The van der Waals surface area contributed by atoms with E-state index in [4.69, 9.17) is 5.84 Å². The van der Waals surface area contributed by atoms with E-state index >= 15 is 0 Å². The summed E-state index contributed by atoms with van der Waals surface area (Å²) in [7, 11) is 0. The van der Waals surface area contributed by atoms with E-state index in [0.29, 0.717) is 36.6 Å². The molecule has 0 aliphatic rings. The van der Waals surface area contributed by atoms with Crippen LogP contribution < -0.4 is 22.4 Å². The maximum absolute atomic E-state index is 12.2. The lowest BCUT2D eigenvalue weighted by Gasteiger charge is -2.07. The van der Waals surface area contributed by atoms with Crippen LogP contribution in [-0.2, 0) is 11.3 Å². The molecular formula is C14H18N4O3. The van der Waals surface area contributed by atoms with Crippen LogP contribution in [0, 0.1) is 0 Å². The van der Waals surface area contributed by atoms with Crippen LogP contribution in [0.1, 0.15) is 25.7 Å². The van der Waals surface area contributed by atoms with Crippen molar-refractivity contribution in [2.45, 2.75) is 32.2 Å². The lowest BCUT2D eigenvalue weighted by molar-refractivity contribution is -0.121. The number of nitrogens with two attached hydrogens (primary N) is 1. The Morgan fingerprint density at radius 2 is 1.86 bits per heavy atom. The number of aromatic nitrogens is 2. The molecule has 0 saturated heterocycles. The highest BCUT2D eigenvalue weighted by atomic mass is 16.2. The Kier molecular flexibility index (Phi) is 4.89. The summed E-state index contributed by atoms with van der Waals surface area (Å²) in [6.45, 7) is 0.420. The average molecular weight is 290 g/mol. The van der Waals surface area contributed by atoms with Gasteiger partial charge >= 0.3 is 0 Å². The number of aryl methyl sites for hydroxylation is 1. The third-order valence-electron chi connectivity index (χ3n) is 3.33. The second-order valence-electron chi connectivity index (χ2n) is 4.82. The number of nitrogens with one attached hydrogen (secondary N) is 2. The molecule has 0 fully saturated rings. The maximum Gasteiger partial charge on any atom is 0.273 e. The molecule has 0 unspecified atom stereocenters. The molecule has 1 heterocycles. The summed E-state index contributed by atoms with van der Waals surface area (Å²) in [5.74, 6) is 4.78. The third kappa shape index (κ3) is 3.57. The molecule has 0 aliphatic carbocycles. The fourth-order valence-electron chi connectivity index (χ4n) is 2.21. The molecule has 4 N–H and O–H groups in total. The third-order valence-corrected chi connectivity index (χ3v) is 3.33. The van der Waals surface area contributed by atoms with Crippen LogP contribution in [0.5, 0.6) is 0 Å². The summed E-state index contributed by atoms with van der Waals surface area (Å²) in [6.07, 6.45) is 2.52. The highest BCUT2D eigenvalue weighted by Crippen LogP contribution is 2.04. The van der Waals surface area contributed by atoms with Crippen LogP contribution in [0.2, 0.25) is 0 Å². The summed E-state index contributed by atoms with van der Waals surface area (Å²) in [6, 6.07) is 6.74. The summed E-state index contributed by atoms with van der Waals surface area (Å²) in [4.78, 5) is 35.0. The van der Waals surface area contributed by atoms with Gasteiger partial charge in [0, 0.05) is 13.0 Å². The highest BCUT2D eigenvalue weighted by Gasteiger charge is 2.06. The van der Waals surface area contributed by atoms with E-state index in [9.17, 15) is 14.4 Å². The molecule has 1 aromatic carbocycles. The second kappa shape index (κ2) is 6.85. The van der Waals surface area contributed by atoms with Gasteiger partial charge in [-0.25, -0.2) is 10.5 Å². The van der Waals surface area contributed by atoms with Crippen LogP contribution in [0.4, 0.5) is 0 Å². The Morgan fingerprint density at radius 1 is 1.14 bits per heavy atom. The van der Waals surface area contributed by atoms with E-state index in [1.807, 2.05) is 0 Å². The number of carbonyl (C=O) groups excluding carboxylic acids is 1. The van der Waals surface area contributed by atoms with Crippen molar-refractivity contribution in [3.8, 4) is 0 Å². The zero-order valence-electron chi connectivity index (χ0n) is 11.6. The monoisotopic (exact) mass is 290 g/mol. The van der Waals surface area contributed by atoms with Crippen LogP contribution in [0.15, 0.2) is 33.9 Å². The number of H-pyrrole nitrogens is 1. The van der Waals surface area contributed by atoms with Crippen LogP contribution in [0.25, 0.3) is 10.8 Å². The average Bonchev–Trinajstić information content (AvgIpc) is 2.51. The standard InChI is InChI=1S/C14H18N4O3/c15-16-12(19)8-2-1-5-9-18-14(21)11-7-4-3-6-10(11)13(20)17-18/h3-4,6-7H,1-2,5,8-9,15H2,(H,16,19)(H,17,20). The van der Waals surface area contributed by atoms with E-state index < -0.39 is 0 Å². The van der Waals surface area contributed by atoms with E-state index in [0.717, 1.165) is 6.42 Å². The second-order valence-corrected chi connectivity index (χ2v) is 4.82. The molecule has 1 aromatic heterocycles. The summed E-state index contributed by atoms with van der Waals surface area (Å²) < 4.78 is 1.33. The van der Waals surface area contributed by atoms with Gasteiger partial charge in [-0.1, -0.05) is 18.6 Å². The first-order chi connectivity index (χ1) is 10.1. The van der Waals surface area contributed by atoms with E-state index in [1.54, 1.807) is 24.3 Å². The molecule has 0 saturated carbocycles. The topological polar surface area (TPSA) is 110 Å². The Balaban J connectivity index is 2.03. The van der Waals surface area contributed by atoms with E-state index in [1.165, 1.54) is 4.68 Å². The van der Waals surface area contributed by atoms with Gasteiger partial charge in [0.1, 0.15) is 0 Å². The van der Waals surface area contributed by atoms with Gasteiger partial charge in [-0.3, -0.25) is 24.9 Å².